The van der Waals surface area contributed by atoms with Gasteiger partial charge in [0.15, 0.2) is 0 Å². The maximum atomic E-state index is 13.1. The second kappa shape index (κ2) is 9.36. The number of aromatic nitrogens is 1. The number of pyridine rings is 1. The lowest BCUT2D eigenvalue weighted by Crippen LogP contribution is -2.40. The molecule has 1 aliphatic rings. The van der Waals surface area contributed by atoms with Crippen molar-refractivity contribution >= 4 is 17.8 Å². The van der Waals surface area contributed by atoms with Crippen LogP contribution in [0.15, 0.2) is 42.5 Å². The molecular weight excluding hydrogens is 375 g/mol. The Balaban J connectivity index is 1.55. The van der Waals surface area contributed by atoms with Crippen molar-refractivity contribution < 1.29 is 19.1 Å². The van der Waals surface area contributed by atoms with E-state index >= 15 is 0 Å². The Morgan fingerprint density at radius 1 is 1.17 bits per heavy atom. The summed E-state index contributed by atoms with van der Waals surface area (Å²) in [5.41, 5.74) is 6.77. The number of carboxylic acid groups (broad SMARTS) is 1. The van der Waals surface area contributed by atoms with E-state index < -0.39 is 12.0 Å². The Labute approximate surface area is 168 Å². The van der Waals surface area contributed by atoms with E-state index in [1.54, 1.807) is 12.1 Å². The van der Waals surface area contributed by atoms with E-state index in [0.717, 1.165) is 47.9 Å². The molecule has 8 heteroatoms. The van der Waals surface area contributed by atoms with Gasteiger partial charge >= 0.3 is 6.09 Å². The predicted octanol–water partition coefficient (Wildman–Crippen LogP) is 2.96. The monoisotopic (exact) mass is 400 g/mol. The molecule has 2 heterocycles. The van der Waals surface area contributed by atoms with Gasteiger partial charge in [-0.2, -0.15) is 0 Å². The summed E-state index contributed by atoms with van der Waals surface area (Å²) in [6.07, 6.45) is 1.43. The number of rotatable bonds is 7. The second-order valence-electron chi connectivity index (χ2n) is 7.28. The van der Waals surface area contributed by atoms with Crippen LogP contribution in [-0.4, -0.2) is 53.2 Å². The summed E-state index contributed by atoms with van der Waals surface area (Å²) >= 11 is 0. The number of hydrogen-bond acceptors (Lipinski definition) is 4. The smallest absolute Gasteiger partial charge is 0.407 e. The first-order chi connectivity index (χ1) is 13.9. The normalized spacial score (nSPS) is 14.6. The maximum absolute atomic E-state index is 13.1. The third kappa shape index (κ3) is 5.66. The number of amides is 2. The first-order valence-electron chi connectivity index (χ1n) is 9.66. The molecule has 0 atom stereocenters. The van der Waals surface area contributed by atoms with Crippen molar-refractivity contribution in [2.24, 2.45) is 11.7 Å². The summed E-state index contributed by atoms with van der Waals surface area (Å²) in [7, 11) is 0. The summed E-state index contributed by atoms with van der Waals surface area (Å²) in [4.78, 5) is 30.2. The van der Waals surface area contributed by atoms with Crippen molar-refractivity contribution in [3.05, 3.63) is 48.3 Å². The van der Waals surface area contributed by atoms with Gasteiger partial charge in [-0.3, -0.25) is 9.69 Å². The number of anilines is 1. The lowest BCUT2D eigenvalue weighted by Gasteiger charge is -2.33. The molecule has 0 spiro atoms. The van der Waals surface area contributed by atoms with Crippen LogP contribution in [0.25, 0.3) is 11.3 Å². The summed E-state index contributed by atoms with van der Waals surface area (Å²) in [6.45, 7) is 1.69. The van der Waals surface area contributed by atoms with Crippen LogP contribution in [-0.2, 0) is 4.79 Å². The lowest BCUT2D eigenvalue weighted by molar-refractivity contribution is -0.118. The van der Waals surface area contributed by atoms with Crippen molar-refractivity contribution in [1.29, 1.82) is 0 Å². The van der Waals surface area contributed by atoms with Crippen molar-refractivity contribution in [2.45, 2.75) is 19.3 Å². The molecule has 3 N–H and O–H groups in total. The SMILES string of the molecule is NC(=O)CN(CCC1CCN(c2cccc(-c3ccc(F)cc3)n2)CC1)C(=O)O. The van der Waals surface area contributed by atoms with Crippen molar-refractivity contribution in [3.8, 4) is 11.3 Å². The van der Waals surface area contributed by atoms with E-state index in [-0.39, 0.29) is 12.4 Å². The van der Waals surface area contributed by atoms with Crippen molar-refractivity contribution in [1.82, 2.24) is 9.88 Å². The average molecular weight is 400 g/mol. The molecule has 1 aliphatic heterocycles. The summed E-state index contributed by atoms with van der Waals surface area (Å²) in [6, 6.07) is 12.1. The van der Waals surface area contributed by atoms with Gasteiger partial charge < -0.3 is 15.7 Å². The molecule has 1 saturated heterocycles. The number of nitrogens with two attached hydrogens (primary N) is 1. The fraction of sp³-hybridized carbons (Fsp3) is 0.381. The Bertz CT molecular complexity index is 851. The molecule has 0 radical (unpaired) electrons. The van der Waals surface area contributed by atoms with E-state index in [4.69, 9.17) is 15.8 Å². The first-order valence-corrected chi connectivity index (χ1v) is 9.66. The zero-order valence-electron chi connectivity index (χ0n) is 16.1. The highest BCUT2D eigenvalue weighted by Gasteiger charge is 2.22. The second-order valence-corrected chi connectivity index (χ2v) is 7.28. The summed E-state index contributed by atoms with van der Waals surface area (Å²) < 4.78 is 13.1. The Morgan fingerprint density at radius 2 is 1.86 bits per heavy atom. The molecule has 154 valence electrons. The number of primary amides is 1. The number of piperidine rings is 1. The van der Waals surface area contributed by atoms with Crippen LogP contribution >= 0.6 is 0 Å². The van der Waals surface area contributed by atoms with Crippen LogP contribution in [0.4, 0.5) is 15.0 Å². The average Bonchev–Trinajstić information content (AvgIpc) is 2.72. The van der Waals surface area contributed by atoms with Gasteiger partial charge in [0.05, 0.1) is 5.69 Å². The minimum absolute atomic E-state index is 0.270. The topological polar surface area (TPSA) is 99.8 Å². The molecule has 0 bridgehead atoms. The number of carbonyl (C=O) groups excluding carboxylic acids is 1. The molecule has 2 aromatic rings. The van der Waals surface area contributed by atoms with Crippen molar-refractivity contribution in [2.75, 3.05) is 31.1 Å². The molecule has 0 unspecified atom stereocenters. The van der Waals surface area contributed by atoms with E-state index in [1.165, 1.54) is 12.1 Å². The van der Waals surface area contributed by atoms with E-state index in [1.807, 2.05) is 18.2 Å². The molecule has 1 fully saturated rings. The first kappa shape index (κ1) is 20.6. The van der Waals surface area contributed by atoms with Gasteiger partial charge in [0.25, 0.3) is 0 Å². The fourth-order valence-corrected chi connectivity index (χ4v) is 3.60. The van der Waals surface area contributed by atoms with E-state index in [9.17, 15) is 14.0 Å². The van der Waals surface area contributed by atoms with Crippen LogP contribution in [0.5, 0.6) is 0 Å². The number of nitrogens with zero attached hydrogens (tertiary/aromatic N) is 3. The molecule has 0 aliphatic carbocycles. The molecule has 3 rings (SSSR count). The standard InChI is InChI=1S/C21H25FN4O3/c22-17-6-4-16(5-7-17)18-2-1-3-20(24-18)25-11-8-15(9-12-25)10-13-26(21(28)29)14-19(23)27/h1-7,15H,8-14H2,(H2,23,27)(H,28,29). The molecular formula is C21H25FN4O3. The Morgan fingerprint density at radius 3 is 2.48 bits per heavy atom. The zero-order chi connectivity index (χ0) is 20.8. The van der Waals surface area contributed by atoms with Crippen molar-refractivity contribution in [3.63, 3.8) is 0 Å². The fourth-order valence-electron chi connectivity index (χ4n) is 3.60. The van der Waals surface area contributed by atoms with Crippen LogP contribution in [0, 0.1) is 11.7 Å². The lowest BCUT2D eigenvalue weighted by atomic mass is 9.93. The van der Waals surface area contributed by atoms with Gasteiger partial charge in [0, 0.05) is 25.2 Å². The molecule has 2 amide bonds. The van der Waals surface area contributed by atoms with Gasteiger partial charge in [-0.15, -0.1) is 0 Å². The number of hydrogen-bond donors (Lipinski definition) is 2. The zero-order valence-corrected chi connectivity index (χ0v) is 16.1. The molecule has 29 heavy (non-hydrogen) atoms. The highest BCUT2D eigenvalue weighted by molar-refractivity contribution is 5.80. The maximum Gasteiger partial charge on any atom is 0.407 e. The van der Waals surface area contributed by atoms with Gasteiger partial charge in [-0.25, -0.2) is 14.2 Å². The minimum Gasteiger partial charge on any atom is -0.465 e. The molecule has 7 nitrogen and oxygen atoms in total. The van der Waals surface area contributed by atoms with E-state index in [2.05, 4.69) is 4.90 Å². The van der Waals surface area contributed by atoms with E-state index in [0.29, 0.717) is 18.9 Å². The van der Waals surface area contributed by atoms with Gasteiger partial charge in [-0.05, 0) is 61.6 Å². The predicted molar refractivity (Wildman–Crippen MR) is 108 cm³/mol. The van der Waals surface area contributed by atoms with Gasteiger partial charge in [0.2, 0.25) is 5.91 Å². The molecule has 0 saturated carbocycles. The van der Waals surface area contributed by atoms with Gasteiger partial charge in [0.1, 0.15) is 18.2 Å². The van der Waals surface area contributed by atoms with Gasteiger partial charge in [-0.1, -0.05) is 6.07 Å². The molecule has 1 aromatic heterocycles. The number of benzene rings is 1. The third-order valence-electron chi connectivity index (χ3n) is 5.24. The Hall–Kier alpha value is -3.16. The molecule has 1 aromatic carbocycles. The largest absolute Gasteiger partial charge is 0.465 e. The number of halogens is 1. The summed E-state index contributed by atoms with van der Waals surface area (Å²) in [5.74, 6) is 0.353. The number of carbonyl (C=O) groups is 2. The Kier molecular flexibility index (Phi) is 6.64. The van der Waals surface area contributed by atoms with Crippen LogP contribution in [0.2, 0.25) is 0 Å². The van der Waals surface area contributed by atoms with Crippen LogP contribution in [0.3, 0.4) is 0 Å². The quantitative estimate of drug-likeness (QED) is 0.744. The highest BCUT2D eigenvalue weighted by Crippen LogP contribution is 2.26. The summed E-state index contributed by atoms with van der Waals surface area (Å²) in [5, 5.41) is 9.16. The highest BCUT2D eigenvalue weighted by atomic mass is 19.1. The minimum atomic E-state index is -1.12. The van der Waals surface area contributed by atoms with Crippen LogP contribution < -0.4 is 10.6 Å². The van der Waals surface area contributed by atoms with Crippen LogP contribution in [0.1, 0.15) is 19.3 Å². The third-order valence-corrected chi connectivity index (χ3v) is 5.24.